The highest BCUT2D eigenvalue weighted by Crippen LogP contribution is 2.12. The predicted molar refractivity (Wildman–Crippen MR) is 70.4 cm³/mol. The summed E-state index contributed by atoms with van der Waals surface area (Å²) in [4.78, 5) is 11.3. The first-order chi connectivity index (χ1) is 8.77. The van der Waals surface area contributed by atoms with E-state index in [0.717, 1.165) is 19.5 Å². The van der Waals surface area contributed by atoms with Crippen molar-refractivity contribution >= 4 is 17.7 Å². The van der Waals surface area contributed by atoms with Crippen molar-refractivity contribution in [2.75, 3.05) is 25.4 Å². The number of carbonyl (C=O) groups excluding carboxylic acids is 1. The van der Waals surface area contributed by atoms with Gasteiger partial charge in [-0.1, -0.05) is 18.7 Å². The Morgan fingerprint density at radius 2 is 2.22 bits per heavy atom. The van der Waals surface area contributed by atoms with E-state index >= 15 is 0 Å². The van der Waals surface area contributed by atoms with Gasteiger partial charge in [-0.05, 0) is 30.3 Å². The highest BCUT2D eigenvalue weighted by Gasteiger charge is 2.08. The van der Waals surface area contributed by atoms with Crippen LogP contribution < -0.4 is 10.6 Å². The van der Waals surface area contributed by atoms with Gasteiger partial charge in [0.15, 0.2) is 0 Å². The number of nitrogens with zero attached hydrogens (tertiary/aromatic N) is 4. The molecule has 0 spiro atoms. The first kappa shape index (κ1) is 14.9. The van der Waals surface area contributed by atoms with E-state index in [9.17, 15) is 4.79 Å². The van der Waals surface area contributed by atoms with Gasteiger partial charge in [0.1, 0.15) is 0 Å². The molecule has 0 aromatic carbocycles. The minimum absolute atomic E-state index is 0.00107. The third-order valence-electron chi connectivity index (χ3n) is 2.13. The van der Waals surface area contributed by atoms with Gasteiger partial charge in [0.2, 0.25) is 11.1 Å². The summed E-state index contributed by atoms with van der Waals surface area (Å²) in [6.07, 6.45) is 1.11. The Bertz CT molecular complexity index is 356. The molecular formula is C10H20N6OS. The molecule has 0 fully saturated rings. The number of amides is 1. The molecule has 7 nitrogen and oxygen atoms in total. The fourth-order valence-electron chi connectivity index (χ4n) is 1.31. The molecule has 0 aliphatic heterocycles. The van der Waals surface area contributed by atoms with Crippen LogP contribution in [0.5, 0.6) is 0 Å². The van der Waals surface area contributed by atoms with Gasteiger partial charge in [-0.2, -0.15) is 0 Å². The van der Waals surface area contributed by atoms with Gasteiger partial charge in [0, 0.05) is 13.1 Å². The second-order valence-corrected chi connectivity index (χ2v) is 4.62. The van der Waals surface area contributed by atoms with Crippen LogP contribution in [0.25, 0.3) is 0 Å². The van der Waals surface area contributed by atoms with Crippen molar-refractivity contribution in [2.45, 2.75) is 32.0 Å². The molecule has 0 saturated carbocycles. The second kappa shape index (κ2) is 8.87. The smallest absolute Gasteiger partial charge is 0.230 e. The first-order valence-corrected chi connectivity index (χ1v) is 7.12. The average Bonchev–Trinajstić information content (AvgIpc) is 2.80. The van der Waals surface area contributed by atoms with Crippen LogP contribution in [0, 0.1) is 0 Å². The van der Waals surface area contributed by atoms with Gasteiger partial charge >= 0.3 is 0 Å². The molecule has 0 saturated heterocycles. The van der Waals surface area contributed by atoms with E-state index in [4.69, 9.17) is 0 Å². The molecule has 1 aromatic rings. The first-order valence-electron chi connectivity index (χ1n) is 6.14. The Kier molecular flexibility index (Phi) is 7.35. The summed E-state index contributed by atoms with van der Waals surface area (Å²) in [6, 6.07) is 0. The van der Waals surface area contributed by atoms with Crippen LogP contribution in [0.15, 0.2) is 5.16 Å². The molecule has 1 heterocycles. The Morgan fingerprint density at radius 1 is 1.39 bits per heavy atom. The maximum absolute atomic E-state index is 11.3. The van der Waals surface area contributed by atoms with E-state index in [0.29, 0.717) is 24.0 Å². The molecule has 0 aliphatic carbocycles. The molecule has 0 atom stereocenters. The lowest BCUT2D eigenvalue weighted by molar-refractivity contribution is -0.118. The van der Waals surface area contributed by atoms with Crippen molar-refractivity contribution in [2.24, 2.45) is 0 Å². The highest BCUT2D eigenvalue weighted by molar-refractivity contribution is 7.99. The Labute approximate surface area is 111 Å². The maximum Gasteiger partial charge on any atom is 0.230 e. The highest BCUT2D eigenvalue weighted by atomic mass is 32.2. The molecule has 8 heteroatoms. The predicted octanol–water partition coefficient (Wildman–Crippen LogP) is -0.0991. The SMILES string of the molecule is CCCNCCn1nnnc1SCC(=O)NCC. The number of carbonyl (C=O) groups is 1. The molecule has 0 bridgehead atoms. The zero-order valence-electron chi connectivity index (χ0n) is 10.8. The van der Waals surface area contributed by atoms with E-state index in [-0.39, 0.29) is 5.91 Å². The van der Waals surface area contributed by atoms with Gasteiger partial charge in [-0.15, -0.1) is 5.10 Å². The molecule has 0 radical (unpaired) electrons. The van der Waals surface area contributed by atoms with Crippen molar-refractivity contribution < 1.29 is 4.79 Å². The zero-order valence-corrected chi connectivity index (χ0v) is 11.7. The zero-order chi connectivity index (χ0) is 13.2. The quantitative estimate of drug-likeness (QED) is 0.482. The lowest BCUT2D eigenvalue weighted by Crippen LogP contribution is -2.25. The number of hydrogen-bond acceptors (Lipinski definition) is 6. The maximum atomic E-state index is 11.3. The Hall–Kier alpha value is -1.15. The van der Waals surface area contributed by atoms with Gasteiger partial charge in [0.25, 0.3) is 0 Å². The van der Waals surface area contributed by atoms with E-state index < -0.39 is 0 Å². The number of nitrogens with one attached hydrogen (secondary N) is 2. The van der Waals surface area contributed by atoms with Crippen molar-refractivity contribution in [3.63, 3.8) is 0 Å². The topological polar surface area (TPSA) is 84.7 Å². The van der Waals surface area contributed by atoms with Crippen molar-refractivity contribution in [1.29, 1.82) is 0 Å². The number of aromatic nitrogens is 4. The van der Waals surface area contributed by atoms with Gasteiger partial charge in [0.05, 0.1) is 12.3 Å². The summed E-state index contributed by atoms with van der Waals surface area (Å²) >= 11 is 1.35. The summed E-state index contributed by atoms with van der Waals surface area (Å²) < 4.78 is 1.71. The summed E-state index contributed by atoms with van der Waals surface area (Å²) in [5.74, 6) is 0.345. The normalized spacial score (nSPS) is 10.6. The number of thioether (sulfide) groups is 1. The lowest BCUT2D eigenvalue weighted by Gasteiger charge is -2.05. The monoisotopic (exact) mass is 272 g/mol. The number of tetrazole rings is 1. The van der Waals surface area contributed by atoms with Crippen LogP contribution in [-0.2, 0) is 11.3 Å². The minimum Gasteiger partial charge on any atom is -0.356 e. The fraction of sp³-hybridized carbons (Fsp3) is 0.800. The van der Waals surface area contributed by atoms with Crippen LogP contribution >= 0.6 is 11.8 Å². The third kappa shape index (κ3) is 5.46. The van der Waals surface area contributed by atoms with Gasteiger partial charge < -0.3 is 10.6 Å². The standard InChI is InChI=1S/C10H20N6OS/c1-3-5-11-6-7-16-10(13-14-15-16)18-8-9(17)12-4-2/h11H,3-8H2,1-2H3,(H,12,17). The third-order valence-corrected chi connectivity index (χ3v) is 3.09. The molecule has 18 heavy (non-hydrogen) atoms. The Balaban J connectivity index is 2.32. The molecule has 1 aromatic heterocycles. The van der Waals surface area contributed by atoms with Gasteiger partial charge in [-0.3, -0.25) is 4.79 Å². The molecule has 2 N–H and O–H groups in total. The average molecular weight is 272 g/mol. The van der Waals surface area contributed by atoms with Crippen LogP contribution in [0.4, 0.5) is 0 Å². The van der Waals surface area contributed by atoms with Crippen LogP contribution in [-0.4, -0.2) is 51.5 Å². The fourth-order valence-corrected chi connectivity index (χ4v) is 2.04. The lowest BCUT2D eigenvalue weighted by atomic mass is 10.5. The summed E-state index contributed by atoms with van der Waals surface area (Å²) in [6.45, 7) is 7.19. The van der Waals surface area contributed by atoms with Gasteiger partial charge in [-0.25, -0.2) is 4.68 Å². The van der Waals surface area contributed by atoms with E-state index in [1.165, 1.54) is 11.8 Å². The van der Waals surface area contributed by atoms with Crippen molar-refractivity contribution in [1.82, 2.24) is 30.8 Å². The molecule has 1 amide bonds. The van der Waals surface area contributed by atoms with Crippen LogP contribution in [0.3, 0.4) is 0 Å². The van der Waals surface area contributed by atoms with Crippen molar-refractivity contribution in [3.8, 4) is 0 Å². The van der Waals surface area contributed by atoms with Crippen LogP contribution in [0.2, 0.25) is 0 Å². The van der Waals surface area contributed by atoms with Crippen molar-refractivity contribution in [3.05, 3.63) is 0 Å². The summed E-state index contributed by atoms with van der Waals surface area (Å²) in [5.41, 5.74) is 0. The number of rotatable bonds is 9. The largest absolute Gasteiger partial charge is 0.356 e. The molecule has 102 valence electrons. The Morgan fingerprint density at radius 3 is 2.94 bits per heavy atom. The summed E-state index contributed by atoms with van der Waals surface area (Å²) in [7, 11) is 0. The minimum atomic E-state index is 0.00107. The molecule has 0 aliphatic rings. The number of hydrogen-bond donors (Lipinski definition) is 2. The van der Waals surface area contributed by atoms with E-state index in [1.807, 2.05) is 6.92 Å². The molecule has 1 rings (SSSR count). The van der Waals surface area contributed by atoms with Crippen LogP contribution in [0.1, 0.15) is 20.3 Å². The van der Waals surface area contributed by atoms with E-state index in [1.54, 1.807) is 4.68 Å². The molecular weight excluding hydrogens is 252 g/mol. The second-order valence-electron chi connectivity index (χ2n) is 3.68. The molecule has 0 unspecified atom stereocenters. The summed E-state index contributed by atoms with van der Waals surface area (Å²) in [5, 5.41) is 18.1. The van der Waals surface area contributed by atoms with E-state index in [2.05, 4.69) is 33.1 Å².